The second-order valence-electron chi connectivity index (χ2n) is 4.62. The van der Waals surface area contributed by atoms with E-state index in [0.717, 1.165) is 12.1 Å². The molecule has 0 amide bonds. The SMILES string of the molecule is C[C@H](N)c1nc2c(Cl)cc(F)cc2c(=O)n1-c1cnc[nH]1. The van der Waals surface area contributed by atoms with Crippen LogP contribution in [0.1, 0.15) is 18.8 Å². The van der Waals surface area contributed by atoms with Crippen LogP contribution in [-0.4, -0.2) is 19.5 Å². The lowest BCUT2D eigenvalue weighted by Gasteiger charge is -2.14. The molecular formula is C13H11ClFN5O. The zero-order valence-corrected chi connectivity index (χ0v) is 11.7. The van der Waals surface area contributed by atoms with E-state index in [1.165, 1.54) is 17.1 Å². The maximum absolute atomic E-state index is 13.5. The number of fused-ring (bicyclic) bond motifs is 1. The quantitative estimate of drug-likeness (QED) is 0.757. The number of imidazole rings is 1. The topological polar surface area (TPSA) is 89.6 Å². The van der Waals surface area contributed by atoms with Crippen molar-refractivity contribution < 1.29 is 4.39 Å². The highest BCUT2D eigenvalue weighted by Gasteiger charge is 2.18. The molecule has 6 nitrogen and oxygen atoms in total. The van der Waals surface area contributed by atoms with Gasteiger partial charge in [0.25, 0.3) is 5.56 Å². The van der Waals surface area contributed by atoms with Crippen LogP contribution in [0.4, 0.5) is 4.39 Å². The molecule has 0 aliphatic rings. The second-order valence-corrected chi connectivity index (χ2v) is 5.03. The number of hydrogen-bond acceptors (Lipinski definition) is 4. The molecule has 0 unspecified atom stereocenters. The first-order chi connectivity index (χ1) is 9.99. The minimum absolute atomic E-state index is 0.0701. The van der Waals surface area contributed by atoms with Crippen molar-refractivity contribution >= 4 is 22.5 Å². The van der Waals surface area contributed by atoms with Crippen molar-refractivity contribution in [3.05, 3.63) is 51.7 Å². The fraction of sp³-hybridized carbons (Fsp3) is 0.154. The highest BCUT2D eigenvalue weighted by Crippen LogP contribution is 2.23. The van der Waals surface area contributed by atoms with Crippen molar-refractivity contribution in [2.24, 2.45) is 5.73 Å². The summed E-state index contributed by atoms with van der Waals surface area (Å²) in [5.41, 5.74) is 5.65. The molecule has 3 aromatic rings. The van der Waals surface area contributed by atoms with Crippen LogP contribution in [0.2, 0.25) is 5.02 Å². The van der Waals surface area contributed by atoms with Crippen molar-refractivity contribution in [1.82, 2.24) is 19.5 Å². The van der Waals surface area contributed by atoms with E-state index in [2.05, 4.69) is 15.0 Å². The average Bonchev–Trinajstić information content (AvgIpc) is 2.92. The van der Waals surface area contributed by atoms with Crippen LogP contribution < -0.4 is 11.3 Å². The summed E-state index contributed by atoms with van der Waals surface area (Å²) in [4.78, 5) is 23.7. The number of nitrogens with zero attached hydrogens (tertiary/aromatic N) is 3. The van der Waals surface area contributed by atoms with Gasteiger partial charge in [-0.3, -0.25) is 4.79 Å². The highest BCUT2D eigenvalue weighted by atomic mass is 35.5. The van der Waals surface area contributed by atoms with E-state index < -0.39 is 17.4 Å². The smallest absolute Gasteiger partial charge is 0.267 e. The Kier molecular flexibility index (Phi) is 3.23. The van der Waals surface area contributed by atoms with Gasteiger partial charge in [0.2, 0.25) is 0 Å². The summed E-state index contributed by atoms with van der Waals surface area (Å²) >= 11 is 5.98. The van der Waals surface area contributed by atoms with Crippen LogP contribution in [-0.2, 0) is 0 Å². The summed E-state index contributed by atoms with van der Waals surface area (Å²) in [6, 6.07) is 1.70. The maximum atomic E-state index is 13.5. The Bertz CT molecular complexity index is 872. The van der Waals surface area contributed by atoms with E-state index in [0.29, 0.717) is 11.6 Å². The lowest BCUT2D eigenvalue weighted by molar-refractivity contribution is 0.628. The molecule has 0 saturated carbocycles. The van der Waals surface area contributed by atoms with E-state index in [1.54, 1.807) is 6.92 Å². The Hall–Kier alpha value is -2.25. The summed E-state index contributed by atoms with van der Waals surface area (Å²) < 4.78 is 14.8. The van der Waals surface area contributed by atoms with Gasteiger partial charge in [-0.25, -0.2) is 18.9 Å². The summed E-state index contributed by atoms with van der Waals surface area (Å²) in [6.07, 6.45) is 2.89. The molecule has 0 fully saturated rings. The molecule has 0 aliphatic heterocycles. The molecule has 0 radical (unpaired) electrons. The Morgan fingerprint density at radius 1 is 1.48 bits per heavy atom. The monoisotopic (exact) mass is 307 g/mol. The molecule has 2 heterocycles. The Morgan fingerprint density at radius 2 is 2.24 bits per heavy atom. The maximum Gasteiger partial charge on any atom is 0.267 e. The predicted molar refractivity (Wildman–Crippen MR) is 77.1 cm³/mol. The molecule has 3 rings (SSSR count). The molecule has 8 heteroatoms. The van der Waals surface area contributed by atoms with Crippen molar-refractivity contribution in [3.63, 3.8) is 0 Å². The zero-order valence-electron chi connectivity index (χ0n) is 11.0. The number of H-pyrrole nitrogens is 1. The number of hydrogen-bond donors (Lipinski definition) is 2. The molecule has 0 bridgehead atoms. The van der Waals surface area contributed by atoms with Gasteiger partial charge in [-0.1, -0.05) is 11.6 Å². The minimum Gasteiger partial charge on any atom is -0.331 e. The highest BCUT2D eigenvalue weighted by molar-refractivity contribution is 6.35. The number of nitrogens with two attached hydrogens (primary N) is 1. The van der Waals surface area contributed by atoms with Gasteiger partial charge in [0, 0.05) is 0 Å². The first kappa shape index (κ1) is 13.7. The lowest BCUT2D eigenvalue weighted by Crippen LogP contribution is -2.27. The molecule has 3 N–H and O–H groups in total. The van der Waals surface area contributed by atoms with Crippen molar-refractivity contribution in [3.8, 4) is 5.82 Å². The van der Waals surface area contributed by atoms with Gasteiger partial charge in [0.05, 0.1) is 34.5 Å². The van der Waals surface area contributed by atoms with Gasteiger partial charge in [-0.2, -0.15) is 0 Å². The van der Waals surface area contributed by atoms with Crippen LogP contribution in [0.5, 0.6) is 0 Å². The van der Waals surface area contributed by atoms with Crippen molar-refractivity contribution in [2.45, 2.75) is 13.0 Å². The molecule has 0 aliphatic carbocycles. The molecule has 2 aromatic heterocycles. The van der Waals surface area contributed by atoms with Gasteiger partial charge >= 0.3 is 0 Å². The molecule has 108 valence electrons. The summed E-state index contributed by atoms with van der Waals surface area (Å²) in [7, 11) is 0. The van der Waals surface area contributed by atoms with Crippen molar-refractivity contribution in [1.29, 1.82) is 0 Å². The van der Waals surface area contributed by atoms with Crippen LogP contribution in [0.15, 0.2) is 29.5 Å². The second kappa shape index (κ2) is 4.94. The van der Waals surface area contributed by atoms with Gasteiger partial charge < -0.3 is 10.7 Å². The first-order valence-corrected chi connectivity index (χ1v) is 6.53. The third-order valence-corrected chi connectivity index (χ3v) is 3.34. The molecule has 21 heavy (non-hydrogen) atoms. The van der Waals surface area contributed by atoms with E-state index in [4.69, 9.17) is 17.3 Å². The zero-order chi connectivity index (χ0) is 15.1. The van der Waals surface area contributed by atoms with E-state index in [1.807, 2.05) is 0 Å². The molecule has 0 saturated heterocycles. The summed E-state index contributed by atoms with van der Waals surface area (Å²) in [6.45, 7) is 1.69. The van der Waals surface area contributed by atoms with Crippen LogP contribution in [0, 0.1) is 5.82 Å². The fourth-order valence-corrected chi connectivity index (χ4v) is 2.39. The van der Waals surface area contributed by atoms with E-state index in [9.17, 15) is 9.18 Å². The van der Waals surface area contributed by atoms with Gasteiger partial charge in [-0.15, -0.1) is 0 Å². The average molecular weight is 308 g/mol. The van der Waals surface area contributed by atoms with Gasteiger partial charge in [0.15, 0.2) is 0 Å². The number of aromatic nitrogens is 4. The Labute approximate surface area is 123 Å². The molecule has 1 aromatic carbocycles. The summed E-state index contributed by atoms with van der Waals surface area (Å²) in [5, 5.41) is 0.153. The molecule has 1 atom stereocenters. The minimum atomic E-state index is -0.601. The predicted octanol–water partition coefficient (Wildman–Crippen LogP) is 1.92. The van der Waals surface area contributed by atoms with E-state index >= 15 is 0 Å². The first-order valence-electron chi connectivity index (χ1n) is 6.15. The fourth-order valence-electron chi connectivity index (χ4n) is 2.14. The van der Waals surface area contributed by atoms with Crippen LogP contribution >= 0.6 is 11.6 Å². The number of halogens is 2. The van der Waals surface area contributed by atoms with Crippen LogP contribution in [0.3, 0.4) is 0 Å². The standard InChI is InChI=1S/C13H11ClFN5O/c1-6(16)12-19-11-8(2-7(15)3-9(11)14)13(21)20(12)10-4-17-5-18-10/h2-6H,16H2,1H3,(H,17,18)/t6-/m0/s1. The molecular weight excluding hydrogens is 297 g/mol. The van der Waals surface area contributed by atoms with Gasteiger partial charge in [-0.05, 0) is 19.1 Å². The largest absolute Gasteiger partial charge is 0.331 e. The number of benzene rings is 1. The third kappa shape index (κ3) is 2.20. The number of nitrogens with one attached hydrogen (secondary N) is 1. The van der Waals surface area contributed by atoms with E-state index in [-0.39, 0.29) is 15.9 Å². The Balaban J connectivity index is 2.49. The summed E-state index contributed by atoms with van der Waals surface area (Å²) in [5.74, 6) is 0.114. The Morgan fingerprint density at radius 3 is 2.86 bits per heavy atom. The number of aromatic amines is 1. The van der Waals surface area contributed by atoms with Crippen LogP contribution in [0.25, 0.3) is 16.7 Å². The molecule has 0 spiro atoms. The van der Waals surface area contributed by atoms with Crippen molar-refractivity contribution in [2.75, 3.05) is 0 Å². The van der Waals surface area contributed by atoms with Gasteiger partial charge in [0.1, 0.15) is 17.5 Å². The number of rotatable bonds is 2. The normalized spacial score (nSPS) is 12.8. The third-order valence-electron chi connectivity index (χ3n) is 3.05. The lowest BCUT2D eigenvalue weighted by atomic mass is 10.2.